The van der Waals surface area contributed by atoms with E-state index in [0.29, 0.717) is 0 Å². The lowest BCUT2D eigenvalue weighted by molar-refractivity contribution is -0.121. The van der Waals surface area contributed by atoms with Gasteiger partial charge in [-0.05, 0) is 6.08 Å². The highest BCUT2D eigenvalue weighted by atomic mass is 16.2. The second kappa shape index (κ2) is 1.76. The molecule has 0 spiro atoms. The molecule has 0 aromatic heterocycles. The van der Waals surface area contributed by atoms with Crippen LogP contribution >= 0.6 is 0 Å². The number of nitrogens with one attached hydrogen (secondary N) is 1. The molecule has 1 unspecified atom stereocenters. The molecule has 2 heterocycles. The van der Waals surface area contributed by atoms with E-state index in [4.69, 9.17) is 0 Å². The van der Waals surface area contributed by atoms with Crippen molar-refractivity contribution in [1.29, 1.82) is 0 Å². The lowest BCUT2D eigenvalue weighted by Gasteiger charge is -2.10. The van der Waals surface area contributed by atoms with Gasteiger partial charge in [0.2, 0.25) is 0 Å². The fourth-order valence-electron chi connectivity index (χ4n) is 0.961. The van der Waals surface area contributed by atoms with Gasteiger partial charge in [0, 0.05) is 6.20 Å². The minimum atomic E-state index is -0.197. The summed E-state index contributed by atoms with van der Waals surface area (Å²) in [6, 6.07) is 0. The van der Waals surface area contributed by atoms with E-state index in [1.54, 1.807) is 18.5 Å². The van der Waals surface area contributed by atoms with Gasteiger partial charge in [0.25, 0.3) is 5.91 Å². The van der Waals surface area contributed by atoms with Crippen molar-refractivity contribution < 1.29 is 4.79 Å². The minimum Gasteiger partial charge on any atom is -0.272 e. The van der Waals surface area contributed by atoms with Crippen LogP contribution in [0.3, 0.4) is 0 Å². The third kappa shape index (κ3) is 0.586. The van der Waals surface area contributed by atoms with Gasteiger partial charge in [-0.2, -0.15) is 5.10 Å². The average Bonchev–Trinajstić information content (AvgIpc) is 2.36. The highest BCUT2D eigenvalue weighted by Gasteiger charge is 2.25. The highest BCUT2D eigenvalue weighted by molar-refractivity contribution is 6.38. The van der Waals surface area contributed by atoms with Crippen LogP contribution < -0.4 is 5.43 Å². The molecule has 0 saturated heterocycles. The van der Waals surface area contributed by atoms with E-state index >= 15 is 0 Å². The molecule has 1 atom stereocenters. The molecular weight excluding hydrogens is 130 g/mol. The molecule has 0 aliphatic carbocycles. The van der Waals surface area contributed by atoms with E-state index in [1.165, 1.54) is 0 Å². The van der Waals surface area contributed by atoms with Crippen molar-refractivity contribution >= 4 is 17.8 Å². The van der Waals surface area contributed by atoms with Crippen LogP contribution in [0.4, 0.5) is 0 Å². The van der Waals surface area contributed by atoms with Crippen LogP contribution in [0.15, 0.2) is 22.4 Å². The molecule has 4 heteroatoms. The molecule has 0 aromatic carbocycles. The maximum absolute atomic E-state index is 10.9. The second-order valence-electron chi connectivity index (χ2n) is 2.11. The highest BCUT2D eigenvalue weighted by Crippen LogP contribution is 2.11. The van der Waals surface area contributed by atoms with E-state index in [0.717, 1.165) is 5.71 Å². The summed E-state index contributed by atoms with van der Waals surface area (Å²) in [7, 11) is 0. The first-order valence-corrected chi connectivity index (χ1v) is 2.95. The van der Waals surface area contributed by atoms with Crippen molar-refractivity contribution in [3.8, 4) is 0 Å². The van der Waals surface area contributed by atoms with Crippen molar-refractivity contribution in [2.45, 2.75) is 0 Å². The molecule has 0 fully saturated rings. The Balaban J connectivity index is 2.41. The van der Waals surface area contributed by atoms with E-state index in [9.17, 15) is 4.79 Å². The summed E-state index contributed by atoms with van der Waals surface area (Å²) in [6.07, 6.45) is 4.93. The predicted octanol–water partition coefficient (Wildman–Crippen LogP) is -0.314. The number of amides is 1. The van der Waals surface area contributed by atoms with Gasteiger partial charge < -0.3 is 0 Å². The first-order valence-electron chi connectivity index (χ1n) is 2.95. The summed E-state index contributed by atoms with van der Waals surface area (Å²) in [5.41, 5.74) is 3.08. The van der Waals surface area contributed by atoms with E-state index in [1.807, 2.05) is 0 Å². The van der Waals surface area contributed by atoms with Crippen LogP contribution in [0.1, 0.15) is 0 Å². The van der Waals surface area contributed by atoms with Crippen molar-refractivity contribution in [1.82, 2.24) is 5.43 Å². The third-order valence-corrected chi connectivity index (χ3v) is 1.47. The summed E-state index contributed by atoms with van der Waals surface area (Å²) < 4.78 is 0. The van der Waals surface area contributed by atoms with Gasteiger partial charge in [-0.3, -0.25) is 9.79 Å². The molecule has 50 valence electrons. The average molecular weight is 135 g/mol. The minimum absolute atomic E-state index is 0.102. The molecule has 0 bridgehead atoms. The lowest BCUT2D eigenvalue weighted by Crippen LogP contribution is -2.35. The Labute approximate surface area is 57.3 Å². The van der Waals surface area contributed by atoms with Gasteiger partial charge in [-0.15, -0.1) is 0 Å². The third-order valence-electron chi connectivity index (χ3n) is 1.47. The lowest BCUT2D eigenvalue weighted by atomic mass is 10.0. The van der Waals surface area contributed by atoms with E-state index in [-0.39, 0.29) is 11.8 Å². The molecule has 1 N–H and O–H groups in total. The van der Waals surface area contributed by atoms with E-state index < -0.39 is 0 Å². The Morgan fingerprint density at radius 3 is 3.30 bits per heavy atom. The summed E-state index contributed by atoms with van der Waals surface area (Å²) in [5.74, 6) is -0.299. The second-order valence-corrected chi connectivity index (χ2v) is 2.11. The number of rotatable bonds is 0. The Morgan fingerprint density at radius 2 is 2.50 bits per heavy atom. The largest absolute Gasteiger partial charge is 0.272 e. The maximum Gasteiger partial charge on any atom is 0.253 e. The molecular formula is C6H5N3O. The van der Waals surface area contributed by atoms with Gasteiger partial charge in [0.15, 0.2) is 0 Å². The zero-order chi connectivity index (χ0) is 6.97. The van der Waals surface area contributed by atoms with Gasteiger partial charge in [0.1, 0.15) is 5.92 Å². The van der Waals surface area contributed by atoms with Crippen molar-refractivity contribution in [2.24, 2.45) is 16.0 Å². The quantitative estimate of drug-likeness (QED) is 0.486. The normalized spacial score (nSPS) is 27.8. The summed E-state index contributed by atoms with van der Waals surface area (Å²) >= 11 is 0. The van der Waals surface area contributed by atoms with Crippen molar-refractivity contribution in [2.75, 3.05) is 0 Å². The van der Waals surface area contributed by atoms with Crippen LogP contribution in [-0.4, -0.2) is 17.8 Å². The van der Waals surface area contributed by atoms with Gasteiger partial charge in [0.05, 0.1) is 11.9 Å². The molecule has 2 aliphatic rings. The first kappa shape index (κ1) is 5.34. The smallest absolute Gasteiger partial charge is 0.253 e. The Kier molecular flexibility index (Phi) is 0.943. The van der Waals surface area contributed by atoms with Gasteiger partial charge in [-0.25, -0.2) is 5.43 Å². The molecule has 0 radical (unpaired) electrons. The maximum atomic E-state index is 10.9. The zero-order valence-corrected chi connectivity index (χ0v) is 5.11. The standard InChI is InChI=1S/C6H5N3O/c10-6-4-1-2-7-5(4)3-8-9-6/h1-4H,(H,9,10). The molecule has 0 saturated carbocycles. The van der Waals surface area contributed by atoms with Crippen LogP contribution in [0.2, 0.25) is 0 Å². The number of carbonyl (C=O) groups excluding carboxylic acids is 1. The van der Waals surface area contributed by atoms with Gasteiger partial charge >= 0.3 is 0 Å². The monoisotopic (exact) mass is 135 g/mol. The van der Waals surface area contributed by atoms with E-state index in [2.05, 4.69) is 15.5 Å². The van der Waals surface area contributed by atoms with Crippen molar-refractivity contribution in [3.63, 3.8) is 0 Å². The summed E-state index contributed by atoms with van der Waals surface area (Å²) in [4.78, 5) is 14.9. The Hall–Kier alpha value is -1.45. The fraction of sp³-hybridized carbons (Fsp3) is 0.167. The van der Waals surface area contributed by atoms with Crippen LogP contribution in [0, 0.1) is 5.92 Å². The predicted molar refractivity (Wildman–Crippen MR) is 36.7 cm³/mol. The molecule has 10 heavy (non-hydrogen) atoms. The molecule has 2 aliphatic heterocycles. The Bertz CT molecular complexity index is 264. The number of hydrazone groups is 1. The fourth-order valence-corrected chi connectivity index (χ4v) is 0.961. The number of aliphatic imine (C=N–C) groups is 1. The summed E-state index contributed by atoms with van der Waals surface area (Å²) in [6.45, 7) is 0. The van der Waals surface area contributed by atoms with Crippen LogP contribution in [-0.2, 0) is 4.79 Å². The summed E-state index contributed by atoms with van der Waals surface area (Å²) in [5, 5.41) is 3.61. The molecule has 2 rings (SSSR count). The number of hydrogen-bond donors (Lipinski definition) is 1. The zero-order valence-electron chi connectivity index (χ0n) is 5.11. The van der Waals surface area contributed by atoms with Crippen LogP contribution in [0.25, 0.3) is 0 Å². The number of hydrogen-bond acceptors (Lipinski definition) is 3. The Morgan fingerprint density at radius 1 is 1.60 bits per heavy atom. The number of carbonyl (C=O) groups is 1. The molecule has 0 aromatic rings. The number of fused-ring (bicyclic) bond motifs is 1. The first-order chi connectivity index (χ1) is 4.88. The SMILES string of the molecule is O=C1NN=CC2=NC=CC12. The van der Waals surface area contributed by atoms with Gasteiger partial charge in [-0.1, -0.05) is 0 Å². The molecule has 1 amide bonds. The topological polar surface area (TPSA) is 53.8 Å². The molecule has 4 nitrogen and oxygen atoms in total. The van der Waals surface area contributed by atoms with Crippen molar-refractivity contribution in [3.05, 3.63) is 12.3 Å². The number of nitrogens with zero attached hydrogens (tertiary/aromatic N) is 2. The van der Waals surface area contributed by atoms with Crippen LogP contribution in [0.5, 0.6) is 0 Å².